The molecule has 2 aromatic heterocycles. The van der Waals surface area contributed by atoms with E-state index in [4.69, 9.17) is 5.26 Å². The van der Waals surface area contributed by atoms with Gasteiger partial charge in [-0.3, -0.25) is 5.10 Å². The summed E-state index contributed by atoms with van der Waals surface area (Å²) in [6, 6.07) is 9.61. The lowest BCUT2D eigenvalue weighted by Gasteiger charge is -1.96. The molecule has 1 aromatic carbocycles. The van der Waals surface area contributed by atoms with Crippen LogP contribution in [0.1, 0.15) is 11.5 Å². The van der Waals surface area contributed by atoms with Crippen LogP contribution in [0.25, 0.3) is 22.3 Å². The predicted octanol–water partition coefficient (Wildman–Crippen LogP) is 2.13. The third-order valence-electron chi connectivity index (χ3n) is 2.60. The van der Waals surface area contributed by atoms with Crippen LogP contribution in [0.15, 0.2) is 24.3 Å². The molecule has 0 saturated heterocycles. The van der Waals surface area contributed by atoms with Gasteiger partial charge in [-0.1, -0.05) is 6.07 Å². The van der Waals surface area contributed by atoms with Crippen molar-refractivity contribution in [1.29, 1.82) is 5.26 Å². The third-order valence-corrected chi connectivity index (χ3v) is 2.60. The summed E-state index contributed by atoms with van der Waals surface area (Å²) in [5.41, 5.74) is 4.12. The van der Waals surface area contributed by atoms with Gasteiger partial charge in [0, 0.05) is 11.6 Å². The predicted molar refractivity (Wildman–Crippen MR) is 63.1 cm³/mol. The minimum atomic E-state index is 0.390. The lowest BCUT2D eigenvalue weighted by atomic mass is 10.1. The summed E-state index contributed by atoms with van der Waals surface area (Å²) in [6.07, 6.45) is 0. The quantitative estimate of drug-likeness (QED) is 0.663. The highest BCUT2D eigenvalue weighted by Gasteiger charge is 2.05. The number of nitrogens with one attached hydrogen (secondary N) is 2. The molecule has 3 aromatic rings. The van der Waals surface area contributed by atoms with Crippen molar-refractivity contribution in [3.05, 3.63) is 35.8 Å². The average Bonchev–Trinajstić information content (AvgIpc) is 2.92. The molecule has 0 spiro atoms. The van der Waals surface area contributed by atoms with Crippen LogP contribution < -0.4 is 0 Å². The molecule has 0 bridgehead atoms. The number of benzene rings is 1. The number of fused-ring (bicyclic) bond motifs is 1. The zero-order valence-electron chi connectivity index (χ0n) is 9.15. The van der Waals surface area contributed by atoms with Crippen molar-refractivity contribution >= 4 is 11.0 Å². The van der Waals surface area contributed by atoms with Crippen LogP contribution in [0, 0.1) is 18.3 Å². The molecule has 5 nitrogen and oxygen atoms in total. The SMILES string of the molecule is Cc1nc2ccc(-c3cc(C#N)n[nH]3)cc2[nH]1. The molecule has 5 heteroatoms. The van der Waals surface area contributed by atoms with Crippen LogP contribution in [0.5, 0.6) is 0 Å². The van der Waals surface area contributed by atoms with Crippen LogP contribution >= 0.6 is 0 Å². The van der Waals surface area contributed by atoms with Crippen molar-refractivity contribution in [1.82, 2.24) is 20.2 Å². The van der Waals surface area contributed by atoms with E-state index in [9.17, 15) is 0 Å². The molecule has 3 rings (SSSR count). The Morgan fingerprint density at radius 2 is 2.18 bits per heavy atom. The van der Waals surface area contributed by atoms with Crippen molar-refractivity contribution in [2.75, 3.05) is 0 Å². The van der Waals surface area contributed by atoms with Gasteiger partial charge in [0.25, 0.3) is 0 Å². The summed E-state index contributed by atoms with van der Waals surface area (Å²) in [6.45, 7) is 1.92. The molecule has 0 amide bonds. The molecule has 0 fully saturated rings. The van der Waals surface area contributed by atoms with E-state index >= 15 is 0 Å². The van der Waals surface area contributed by atoms with E-state index in [1.807, 2.05) is 31.2 Å². The normalized spacial score (nSPS) is 10.6. The van der Waals surface area contributed by atoms with Crippen molar-refractivity contribution in [3.63, 3.8) is 0 Å². The van der Waals surface area contributed by atoms with E-state index in [1.165, 1.54) is 0 Å². The van der Waals surface area contributed by atoms with Gasteiger partial charge in [-0.2, -0.15) is 10.4 Å². The summed E-state index contributed by atoms with van der Waals surface area (Å²) in [4.78, 5) is 7.51. The maximum Gasteiger partial charge on any atom is 0.162 e. The smallest absolute Gasteiger partial charge is 0.162 e. The molecule has 0 radical (unpaired) electrons. The van der Waals surface area contributed by atoms with E-state index in [1.54, 1.807) is 6.07 Å². The molecule has 0 unspecified atom stereocenters. The second-order valence-corrected chi connectivity index (χ2v) is 3.83. The highest BCUT2D eigenvalue weighted by atomic mass is 15.1. The largest absolute Gasteiger partial charge is 0.342 e. The van der Waals surface area contributed by atoms with Gasteiger partial charge >= 0.3 is 0 Å². The molecule has 2 heterocycles. The number of aromatic nitrogens is 4. The second kappa shape index (κ2) is 3.46. The van der Waals surface area contributed by atoms with Crippen LogP contribution in [-0.2, 0) is 0 Å². The van der Waals surface area contributed by atoms with Gasteiger partial charge in [0.05, 0.1) is 16.7 Å². The molecule has 17 heavy (non-hydrogen) atoms. The lowest BCUT2D eigenvalue weighted by Crippen LogP contribution is -1.78. The monoisotopic (exact) mass is 223 g/mol. The zero-order chi connectivity index (χ0) is 11.8. The molecule has 0 aliphatic carbocycles. The Morgan fingerprint density at radius 1 is 1.29 bits per heavy atom. The summed E-state index contributed by atoms with van der Waals surface area (Å²) < 4.78 is 0. The molecule has 0 atom stereocenters. The Hall–Kier alpha value is -2.61. The number of rotatable bonds is 1. The fraction of sp³-hybridized carbons (Fsp3) is 0.0833. The molecule has 0 aliphatic heterocycles. The average molecular weight is 223 g/mol. The number of H-pyrrole nitrogens is 2. The number of nitrogens with zero attached hydrogens (tertiary/aromatic N) is 3. The van der Waals surface area contributed by atoms with Gasteiger partial charge in [0.15, 0.2) is 5.69 Å². The molecule has 82 valence electrons. The van der Waals surface area contributed by atoms with Crippen molar-refractivity contribution in [2.45, 2.75) is 6.92 Å². The summed E-state index contributed by atoms with van der Waals surface area (Å²) in [7, 11) is 0. The fourth-order valence-electron chi connectivity index (χ4n) is 1.83. The number of hydrogen-bond donors (Lipinski definition) is 2. The van der Waals surface area contributed by atoms with E-state index in [0.717, 1.165) is 28.1 Å². The first kappa shape index (κ1) is 9.60. The van der Waals surface area contributed by atoms with Crippen molar-refractivity contribution in [3.8, 4) is 17.3 Å². The minimum Gasteiger partial charge on any atom is -0.342 e. The Bertz CT molecular complexity index is 729. The molecule has 0 aliphatic rings. The first-order valence-electron chi connectivity index (χ1n) is 5.18. The van der Waals surface area contributed by atoms with Gasteiger partial charge in [0.2, 0.25) is 0 Å². The molecule has 2 N–H and O–H groups in total. The topological polar surface area (TPSA) is 81.2 Å². The number of nitriles is 1. The first-order chi connectivity index (χ1) is 8.26. The van der Waals surface area contributed by atoms with Gasteiger partial charge in [0.1, 0.15) is 11.9 Å². The second-order valence-electron chi connectivity index (χ2n) is 3.83. The number of aryl methyl sites for hydroxylation is 1. The zero-order valence-corrected chi connectivity index (χ0v) is 9.15. The lowest BCUT2D eigenvalue weighted by molar-refractivity contribution is 1.08. The molecular formula is C12H9N5. The van der Waals surface area contributed by atoms with Crippen LogP contribution in [-0.4, -0.2) is 20.2 Å². The molecule has 0 saturated carbocycles. The van der Waals surface area contributed by atoms with E-state index in [0.29, 0.717) is 5.69 Å². The van der Waals surface area contributed by atoms with Crippen LogP contribution in [0.4, 0.5) is 0 Å². The number of imidazole rings is 1. The highest BCUT2D eigenvalue weighted by Crippen LogP contribution is 2.22. The van der Waals surface area contributed by atoms with E-state index < -0.39 is 0 Å². The Labute approximate surface area is 97.1 Å². The van der Waals surface area contributed by atoms with Gasteiger partial charge in [-0.05, 0) is 19.1 Å². The van der Waals surface area contributed by atoms with Crippen LogP contribution in [0.3, 0.4) is 0 Å². The van der Waals surface area contributed by atoms with Crippen molar-refractivity contribution < 1.29 is 0 Å². The number of hydrogen-bond acceptors (Lipinski definition) is 3. The summed E-state index contributed by atoms with van der Waals surface area (Å²) in [5, 5.41) is 15.4. The highest BCUT2D eigenvalue weighted by molar-refractivity contribution is 5.81. The maximum absolute atomic E-state index is 8.72. The third kappa shape index (κ3) is 1.56. The minimum absolute atomic E-state index is 0.390. The van der Waals surface area contributed by atoms with Crippen LogP contribution in [0.2, 0.25) is 0 Å². The summed E-state index contributed by atoms with van der Waals surface area (Å²) in [5.74, 6) is 0.888. The van der Waals surface area contributed by atoms with Crippen molar-refractivity contribution in [2.24, 2.45) is 0 Å². The Kier molecular flexibility index (Phi) is 1.95. The Morgan fingerprint density at radius 3 is 2.94 bits per heavy atom. The number of aromatic amines is 2. The van der Waals surface area contributed by atoms with Gasteiger partial charge in [-0.15, -0.1) is 0 Å². The maximum atomic E-state index is 8.72. The van der Waals surface area contributed by atoms with E-state index in [-0.39, 0.29) is 0 Å². The first-order valence-corrected chi connectivity index (χ1v) is 5.18. The fourth-order valence-corrected chi connectivity index (χ4v) is 1.83. The summed E-state index contributed by atoms with van der Waals surface area (Å²) >= 11 is 0. The molecular weight excluding hydrogens is 214 g/mol. The standard InChI is InChI=1S/C12H9N5/c1-7-14-10-3-2-8(4-12(10)15-7)11-5-9(6-13)16-17-11/h2-5H,1H3,(H,14,15)(H,16,17). The van der Waals surface area contributed by atoms with Gasteiger partial charge < -0.3 is 4.98 Å². The Balaban J connectivity index is 2.14. The van der Waals surface area contributed by atoms with Gasteiger partial charge in [-0.25, -0.2) is 4.98 Å². The van der Waals surface area contributed by atoms with E-state index in [2.05, 4.69) is 20.2 Å².